The minimum absolute atomic E-state index is 0. The average Bonchev–Trinajstić information content (AvgIpc) is 3.37. The minimum Gasteiger partial charge on any atom is -0.387 e. The van der Waals surface area contributed by atoms with Crippen LogP contribution in [0.2, 0.25) is 0 Å². The maximum atomic E-state index is 10.6. The lowest BCUT2D eigenvalue weighted by atomic mass is 10.1. The maximum absolute atomic E-state index is 10.6. The molecule has 2 rings (SSSR count). The molecule has 8 heteroatoms. The zero-order valence-corrected chi connectivity index (χ0v) is 18.0. The van der Waals surface area contributed by atoms with Gasteiger partial charge < -0.3 is 25.2 Å². The Balaban J connectivity index is 0.00000312. The van der Waals surface area contributed by atoms with Crippen molar-refractivity contribution in [3.63, 3.8) is 0 Å². The summed E-state index contributed by atoms with van der Waals surface area (Å²) in [6.45, 7) is 11.2. The van der Waals surface area contributed by atoms with Crippen LogP contribution in [0, 0.1) is 5.92 Å². The molecule has 2 fully saturated rings. The minimum atomic E-state index is -0.845. The van der Waals surface area contributed by atoms with E-state index in [1.807, 2.05) is 13.8 Å². The summed E-state index contributed by atoms with van der Waals surface area (Å²) in [7, 11) is 0. The van der Waals surface area contributed by atoms with E-state index in [4.69, 9.17) is 9.47 Å². The van der Waals surface area contributed by atoms with E-state index in [2.05, 4.69) is 20.5 Å². The van der Waals surface area contributed by atoms with Crippen LogP contribution in [0.5, 0.6) is 0 Å². The molecule has 1 saturated carbocycles. The molecule has 0 spiro atoms. The Morgan fingerprint density at radius 2 is 2.04 bits per heavy atom. The summed E-state index contributed by atoms with van der Waals surface area (Å²) in [6.07, 6.45) is 2.63. The zero-order valence-electron chi connectivity index (χ0n) is 15.6. The molecule has 1 atom stereocenters. The second-order valence-corrected chi connectivity index (χ2v) is 7.03. The van der Waals surface area contributed by atoms with Crippen LogP contribution in [0.1, 0.15) is 26.7 Å². The molecule has 0 aromatic carbocycles. The van der Waals surface area contributed by atoms with Crippen molar-refractivity contribution < 1.29 is 14.6 Å². The fourth-order valence-corrected chi connectivity index (χ4v) is 2.66. The van der Waals surface area contributed by atoms with Crippen LogP contribution in [-0.2, 0) is 9.47 Å². The number of aliphatic hydroxyl groups is 1. The largest absolute Gasteiger partial charge is 0.387 e. The number of guanidine groups is 1. The van der Waals surface area contributed by atoms with Crippen molar-refractivity contribution in [2.24, 2.45) is 10.9 Å². The van der Waals surface area contributed by atoms with Gasteiger partial charge in [-0.1, -0.05) is 0 Å². The van der Waals surface area contributed by atoms with Crippen LogP contribution in [-0.4, -0.2) is 87.3 Å². The van der Waals surface area contributed by atoms with Crippen LogP contribution in [0.25, 0.3) is 0 Å². The molecular formula is C17H35IN4O3. The molecule has 1 aliphatic carbocycles. The zero-order chi connectivity index (χ0) is 17.3. The van der Waals surface area contributed by atoms with Crippen molar-refractivity contribution >= 4 is 29.9 Å². The van der Waals surface area contributed by atoms with Crippen molar-refractivity contribution in [1.29, 1.82) is 0 Å². The Morgan fingerprint density at radius 3 is 2.68 bits per heavy atom. The fraction of sp³-hybridized carbons (Fsp3) is 0.941. The molecule has 3 N–H and O–H groups in total. The summed E-state index contributed by atoms with van der Waals surface area (Å²) in [5.41, 5.74) is -0.845. The van der Waals surface area contributed by atoms with Crippen molar-refractivity contribution in [3.8, 4) is 0 Å². The third kappa shape index (κ3) is 10.5. The van der Waals surface area contributed by atoms with Gasteiger partial charge in [0.25, 0.3) is 0 Å². The molecule has 1 aliphatic heterocycles. The Morgan fingerprint density at radius 1 is 1.32 bits per heavy atom. The predicted octanol–water partition coefficient (Wildman–Crippen LogP) is 0.669. The van der Waals surface area contributed by atoms with Gasteiger partial charge in [0.05, 0.1) is 32.0 Å². The fourth-order valence-electron chi connectivity index (χ4n) is 2.66. The summed E-state index contributed by atoms with van der Waals surface area (Å²) in [6, 6.07) is 0. The second-order valence-electron chi connectivity index (χ2n) is 7.03. The van der Waals surface area contributed by atoms with Gasteiger partial charge in [-0.3, -0.25) is 9.89 Å². The normalized spacial score (nSPS) is 21.3. The molecule has 0 amide bonds. The number of hydrogen-bond acceptors (Lipinski definition) is 5. The first-order valence-corrected chi connectivity index (χ1v) is 9.21. The average molecular weight is 470 g/mol. The summed E-state index contributed by atoms with van der Waals surface area (Å²) in [5.74, 6) is 1.52. The summed E-state index contributed by atoms with van der Waals surface area (Å²) in [5, 5.41) is 17.1. The number of nitrogens with one attached hydrogen (secondary N) is 2. The van der Waals surface area contributed by atoms with E-state index < -0.39 is 5.60 Å². The number of hydrogen-bond donors (Lipinski definition) is 3. The van der Waals surface area contributed by atoms with Crippen LogP contribution in [0.3, 0.4) is 0 Å². The predicted molar refractivity (Wildman–Crippen MR) is 111 cm³/mol. The lowest BCUT2D eigenvalue weighted by Crippen LogP contribution is -2.48. The molecule has 0 aromatic heterocycles. The molecule has 1 saturated heterocycles. The monoisotopic (exact) mass is 470 g/mol. The smallest absolute Gasteiger partial charge is 0.191 e. The lowest BCUT2D eigenvalue weighted by Gasteiger charge is -2.33. The first-order valence-electron chi connectivity index (χ1n) is 9.21. The van der Waals surface area contributed by atoms with Crippen molar-refractivity contribution in [2.45, 2.75) is 32.3 Å². The van der Waals surface area contributed by atoms with E-state index in [1.54, 1.807) is 0 Å². The molecule has 2 aliphatic rings. The highest BCUT2D eigenvalue weighted by molar-refractivity contribution is 14.0. The Kier molecular flexibility index (Phi) is 11.2. The molecule has 0 radical (unpaired) electrons. The molecule has 1 heterocycles. The summed E-state index contributed by atoms with van der Waals surface area (Å²) >= 11 is 0. The molecule has 148 valence electrons. The third-order valence-corrected chi connectivity index (χ3v) is 4.18. The van der Waals surface area contributed by atoms with E-state index in [1.165, 1.54) is 12.8 Å². The highest BCUT2D eigenvalue weighted by atomic mass is 127. The Bertz CT molecular complexity index is 386. The van der Waals surface area contributed by atoms with Crippen molar-refractivity contribution in [1.82, 2.24) is 15.5 Å². The molecule has 0 bridgehead atoms. The number of halogens is 1. The lowest BCUT2D eigenvalue weighted by molar-refractivity contribution is -0.0180. The number of β-amino-alcohol motifs (C(OH)–C–C–N with tert-alkyl or cyclic N) is 1. The van der Waals surface area contributed by atoms with Crippen molar-refractivity contribution in [3.05, 3.63) is 0 Å². The van der Waals surface area contributed by atoms with Gasteiger partial charge in [0.15, 0.2) is 5.96 Å². The SMILES string of the molecule is CCNC(=NCC(C)(O)CN1CCOCC1)NCCOCC1CC1.I. The maximum Gasteiger partial charge on any atom is 0.191 e. The van der Waals surface area contributed by atoms with E-state index in [0.29, 0.717) is 19.7 Å². The van der Waals surface area contributed by atoms with E-state index in [-0.39, 0.29) is 24.0 Å². The number of ether oxygens (including phenoxy) is 2. The van der Waals surface area contributed by atoms with Gasteiger partial charge in [-0.2, -0.15) is 0 Å². The summed E-state index contributed by atoms with van der Waals surface area (Å²) < 4.78 is 11.0. The van der Waals surface area contributed by atoms with Crippen LogP contribution in [0.15, 0.2) is 4.99 Å². The second kappa shape index (κ2) is 12.3. The first kappa shape index (κ1) is 22.9. The van der Waals surface area contributed by atoms with E-state index in [0.717, 1.165) is 57.9 Å². The third-order valence-electron chi connectivity index (χ3n) is 4.18. The van der Waals surface area contributed by atoms with Crippen LogP contribution < -0.4 is 10.6 Å². The summed E-state index contributed by atoms with van der Waals surface area (Å²) in [4.78, 5) is 6.75. The van der Waals surface area contributed by atoms with Gasteiger partial charge >= 0.3 is 0 Å². The quantitative estimate of drug-likeness (QED) is 0.189. The highest BCUT2D eigenvalue weighted by Crippen LogP contribution is 2.28. The number of nitrogens with zero attached hydrogens (tertiary/aromatic N) is 2. The molecule has 25 heavy (non-hydrogen) atoms. The first-order chi connectivity index (χ1) is 11.6. The van der Waals surface area contributed by atoms with Gasteiger partial charge in [0.1, 0.15) is 0 Å². The highest BCUT2D eigenvalue weighted by Gasteiger charge is 2.25. The van der Waals surface area contributed by atoms with E-state index in [9.17, 15) is 5.11 Å². The van der Waals surface area contributed by atoms with Gasteiger partial charge in [0.2, 0.25) is 0 Å². The van der Waals surface area contributed by atoms with Gasteiger partial charge in [-0.15, -0.1) is 24.0 Å². The van der Waals surface area contributed by atoms with Crippen LogP contribution in [0.4, 0.5) is 0 Å². The van der Waals surface area contributed by atoms with Gasteiger partial charge in [-0.05, 0) is 32.6 Å². The van der Waals surface area contributed by atoms with Gasteiger partial charge in [-0.25, -0.2) is 0 Å². The number of aliphatic imine (C=N–C) groups is 1. The van der Waals surface area contributed by atoms with Gasteiger partial charge in [0, 0.05) is 39.3 Å². The van der Waals surface area contributed by atoms with Crippen molar-refractivity contribution in [2.75, 3.05) is 65.7 Å². The number of rotatable bonds is 10. The Hall–Kier alpha value is -0.160. The molecule has 7 nitrogen and oxygen atoms in total. The number of morpholine rings is 1. The standard InChI is InChI=1S/C17H34N4O3.HI/c1-3-18-16(19-6-9-24-12-15-4-5-15)20-13-17(2,22)14-21-7-10-23-11-8-21;/h15,22H,3-14H2,1-2H3,(H2,18,19,20);1H. The van der Waals surface area contributed by atoms with Crippen LogP contribution >= 0.6 is 24.0 Å². The Labute approximate surface area is 168 Å². The molecule has 0 aromatic rings. The topological polar surface area (TPSA) is 78.4 Å². The van der Waals surface area contributed by atoms with E-state index >= 15 is 0 Å². The molecule has 1 unspecified atom stereocenters. The molecular weight excluding hydrogens is 435 g/mol.